The molecule has 0 saturated carbocycles. The molecule has 2 aliphatic rings. The number of Topliss-reactive ketones (excluding diaryl/α,β-unsaturated/α-hetero) is 1. The van der Waals surface area contributed by atoms with Gasteiger partial charge in [-0.15, -0.1) is 0 Å². The molecule has 4 rings (SSSR count). The molecule has 7 heteroatoms. The summed E-state index contributed by atoms with van der Waals surface area (Å²) in [6.07, 6.45) is 0.923. The Balaban J connectivity index is 1.35. The maximum atomic E-state index is 12.8. The molecule has 2 amide bonds. The average Bonchev–Trinajstić information content (AvgIpc) is 3.19. The summed E-state index contributed by atoms with van der Waals surface area (Å²) < 4.78 is 4.94. The first-order valence-corrected chi connectivity index (χ1v) is 10.0. The van der Waals surface area contributed by atoms with E-state index in [0.717, 1.165) is 5.69 Å². The quantitative estimate of drug-likeness (QED) is 0.711. The van der Waals surface area contributed by atoms with Gasteiger partial charge in [-0.3, -0.25) is 14.5 Å². The molecule has 0 N–H and O–H groups in total. The molecular formula is C22H21ClN2O4. The molecule has 0 spiro atoms. The molecule has 2 aliphatic heterocycles. The topological polar surface area (TPSA) is 66.9 Å². The van der Waals surface area contributed by atoms with Crippen LogP contribution in [0.4, 0.5) is 10.5 Å². The maximum absolute atomic E-state index is 12.8. The molecule has 2 heterocycles. The van der Waals surface area contributed by atoms with Crippen molar-refractivity contribution in [2.75, 3.05) is 31.1 Å². The Kier molecular flexibility index (Phi) is 5.53. The van der Waals surface area contributed by atoms with E-state index in [1.165, 1.54) is 0 Å². The fourth-order valence-electron chi connectivity index (χ4n) is 3.79. The van der Waals surface area contributed by atoms with Crippen molar-refractivity contribution in [2.24, 2.45) is 5.92 Å². The van der Waals surface area contributed by atoms with Crippen LogP contribution in [0.5, 0.6) is 0 Å². The number of nitrogens with zero attached hydrogens (tertiary/aromatic N) is 2. The van der Waals surface area contributed by atoms with E-state index in [4.69, 9.17) is 16.3 Å². The van der Waals surface area contributed by atoms with Crippen molar-refractivity contribution in [1.29, 1.82) is 0 Å². The standard InChI is InChI=1S/C22H21ClN2O4/c23-18-5-1-15(2-6-18)20(26)16-9-11-24(12-10-16)21(27)17-3-7-19(8-4-17)25-13-14-29-22(25)28/h1-8,16H,9-14H2. The van der Waals surface area contributed by atoms with Crippen LogP contribution in [0.15, 0.2) is 48.5 Å². The highest BCUT2D eigenvalue weighted by Crippen LogP contribution is 2.25. The lowest BCUT2D eigenvalue weighted by molar-refractivity contribution is 0.0650. The number of likely N-dealkylation sites (tertiary alicyclic amines) is 1. The summed E-state index contributed by atoms with van der Waals surface area (Å²) in [6.45, 7) is 1.98. The van der Waals surface area contributed by atoms with E-state index in [2.05, 4.69) is 0 Å². The first kappa shape index (κ1) is 19.5. The van der Waals surface area contributed by atoms with E-state index >= 15 is 0 Å². The number of carbonyl (C=O) groups excluding carboxylic acids is 3. The van der Waals surface area contributed by atoms with Crippen molar-refractivity contribution < 1.29 is 19.1 Å². The Labute approximate surface area is 174 Å². The Hall–Kier alpha value is -2.86. The maximum Gasteiger partial charge on any atom is 0.414 e. The van der Waals surface area contributed by atoms with E-state index in [1.807, 2.05) is 0 Å². The highest BCUT2D eigenvalue weighted by molar-refractivity contribution is 6.30. The van der Waals surface area contributed by atoms with Gasteiger partial charge in [-0.1, -0.05) is 11.6 Å². The number of carbonyl (C=O) groups is 3. The summed E-state index contributed by atoms with van der Waals surface area (Å²) in [5.41, 5.74) is 1.95. The first-order valence-electron chi connectivity index (χ1n) is 9.66. The van der Waals surface area contributed by atoms with Crippen LogP contribution in [-0.4, -0.2) is 48.9 Å². The number of anilines is 1. The van der Waals surface area contributed by atoms with Crippen LogP contribution in [0.25, 0.3) is 0 Å². The van der Waals surface area contributed by atoms with Gasteiger partial charge in [0.2, 0.25) is 0 Å². The summed E-state index contributed by atoms with van der Waals surface area (Å²) in [6, 6.07) is 13.9. The van der Waals surface area contributed by atoms with Gasteiger partial charge in [0.25, 0.3) is 5.91 Å². The molecule has 0 aliphatic carbocycles. The molecule has 0 bridgehead atoms. The number of ether oxygens (including phenoxy) is 1. The fourth-order valence-corrected chi connectivity index (χ4v) is 3.92. The second kappa shape index (κ2) is 8.25. The fraction of sp³-hybridized carbons (Fsp3) is 0.318. The van der Waals surface area contributed by atoms with Gasteiger partial charge >= 0.3 is 6.09 Å². The third kappa shape index (κ3) is 4.12. The average molecular weight is 413 g/mol. The molecule has 2 fully saturated rings. The van der Waals surface area contributed by atoms with Crippen LogP contribution >= 0.6 is 11.6 Å². The number of rotatable bonds is 4. The van der Waals surface area contributed by atoms with Gasteiger partial charge in [0.05, 0.1) is 6.54 Å². The number of piperidine rings is 1. The number of ketones is 1. The zero-order chi connectivity index (χ0) is 20.4. The lowest BCUT2D eigenvalue weighted by atomic mass is 9.88. The molecule has 0 radical (unpaired) electrons. The number of benzene rings is 2. The molecule has 29 heavy (non-hydrogen) atoms. The van der Waals surface area contributed by atoms with Gasteiger partial charge in [0, 0.05) is 40.8 Å². The van der Waals surface area contributed by atoms with Crippen molar-refractivity contribution >= 4 is 35.1 Å². The van der Waals surface area contributed by atoms with Crippen LogP contribution < -0.4 is 4.90 Å². The van der Waals surface area contributed by atoms with E-state index in [1.54, 1.807) is 58.3 Å². The predicted molar refractivity (Wildman–Crippen MR) is 110 cm³/mol. The van der Waals surface area contributed by atoms with Crippen LogP contribution in [0, 0.1) is 5.92 Å². The predicted octanol–water partition coefficient (Wildman–Crippen LogP) is 4.03. The zero-order valence-electron chi connectivity index (χ0n) is 15.8. The summed E-state index contributed by atoms with van der Waals surface area (Å²) in [5, 5.41) is 0.606. The molecule has 0 atom stereocenters. The van der Waals surface area contributed by atoms with Crippen LogP contribution in [0.2, 0.25) is 5.02 Å². The lowest BCUT2D eigenvalue weighted by Crippen LogP contribution is -2.40. The van der Waals surface area contributed by atoms with Gasteiger partial charge in [-0.05, 0) is 61.4 Å². The van der Waals surface area contributed by atoms with Crippen molar-refractivity contribution in [1.82, 2.24) is 4.90 Å². The van der Waals surface area contributed by atoms with Crippen LogP contribution in [0.1, 0.15) is 33.6 Å². The van der Waals surface area contributed by atoms with Crippen molar-refractivity contribution in [3.8, 4) is 0 Å². The van der Waals surface area contributed by atoms with Crippen molar-refractivity contribution in [3.05, 3.63) is 64.7 Å². The van der Waals surface area contributed by atoms with E-state index in [0.29, 0.717) is 55.2 Å². The molecule has 0 unspecified atom stereocenters. The summed E-state index contributed by atoms with van der Waals surface area (Å²) in [7, 11) is 0. The molecule has 2 aromatic carbocycles. The molecule has 2 saturated heterocycles. The molecular weight excluding hydrogens is 392 g/mol. The Morgan fingerprint density at radius 2 is 1.52 bits per heavy atom. The highest BCUT2D eigenvalue weighted by Gasteiger charge is 2.29. The van der Waals surface area contributed by atoms with Gasteiger partial charge in [0.15, 0.2) is 5.78 Å². The largest absolute Gasteiger partial charge is 0.447 e. The van der Waals surface area contributed by atoms with Gasteiger partial charge in [-0.2, -0.15) is 0 Å². The number of hydrogen-bond acceptors (Lipinski definition) is 4. The number of cyclic esters (lactones) is 1. The molecule has 6 nitrogen and oxygen atoms in total. The Morgan fingerprint density at radius 1 is 0.897 bits per heavy atom. The van der Waals surface area contributed by atoms with Crippen molar-refractivity contribution in [3.63, 3.8) is 0 Å². The third-order valence-corrected chi connectivity index (χ3v) is 5.72. The minimum absolute atomic E-state index is 0.0575. The normalized spacial score (nSPS) is 17.3. The van der Waals surface area contributed by atoms with E-state index < -0.39 is 0 Å². The second-order valence-corrected chi connectivity index (χ2v) is 7.69. The lowest BCUT2D eigenvalue weighted by Gasteiger charge is -2.31. The summed E-state index contributed by atoms with van der Waals surface area (Å²) >= 11 is 5.89. The Morgan fingerprint density at radius 3 is 2.10 bits per heavy atom. The molecule has 2 aromatic rings. The minimum atomic E-state index is -0.364. The van der Waals surface area contributed by atoms with Gasteiger partial charge in [-0.25, -0.2) is 4.79 Å². The number of amides is 2. The minimum Gasteiger partial charge on any atom is -0.447 e. The molecule has 150 valence electrons. The summed E-state index contributed by atoms with van der Waals surface area (Å²) in [5.74, 6) is -0.0302. The van der Waals surface area contributed by atoms with Crippen LogP contribution in [-0.2, 0) is 4.74 Å². The smallest absolute Gasteiger partial charge is 0.414 e. The third-order valence-electron chi connectivity index (χ3n) is 5.47. The van der Waals surface area contributed by atoms with E-state index in [9.17, 15) is 14.4 Å². The van der Waals surface area contributed by atoms with Crippen molar-refractivity contribution in [2.45, 2.75) is 12.8 Å². The van der Waals surface area contributed by atoms with Crippen LogP contribution in [0.3, 0.4) is 0 Å². The second-order valence-electron chi connectivity index (χ2n) is 7.25. The van der Waals surface area contributed by atoms with Gasteiger partial charge < -0.3 is 9.64 Å². The highest BCUT2D eigenvalue weighted by atomic mass is 35.5. The Bertz CT molecular complexity index is 919. The summed E-state index contributed by atoms with van der Waals surface area (Å²) in [4.78, 5) is 40.4. The number of halogens is 1. The number of hydrogen-bond donors (Lipinski definition) is 0. The zero-order valence-corrected chi connectivity index (χ0v) is 16.6. The molecule has 0 aromatic heterocycles. The first-order chi connectivity index (χ1) is 14.0. The SMILES string of the molecule is O=C(c1ccc(Cl)cc1)C1CCN(C(=O)c2ccc(N3CCOC3=O)cc2)CC1. The monoisotopic (exact) mass is 412 g/mol. The van der Waals surface area contributed by atoms with Gasteiger partial charge in [0.1, 0.15) is 6.61 Å². The van der Waals surface area contributed by atoms with E-state index in [-0.39, 0.29) is 23.7 Å².